The molecule has 3 saturated carbocycles. The van der Waals surface area contributed by atoms with Gasteiger partial charge in [-0.2, -0.15) is 0 Å². The van der Waals surface area contributed by atoms with Crippen molar-refractivity contribution in [2.45, 2.75) is 111 Å². The van der Waals surface area contributed by atoms with Crippen LogP contribution in [0.4, 0.5) is 0 Å². The first-order valence-electron chi connectivity index (χ1n) is 12.3. The van der Waals surface area contributed by atoms with E-state index in [1.165, 1.54) is 5.57 Å². The fraction of sp³-hybridized carbons (Fsp3) is 0.885. The van der Waals surface area contributed by atoms with Crippen molar-refractivity contribution in [3.63, 3.8) is 0 Å². The fourth-order valence-corrected chi connectivity index (χ4v) is 7.05. The summed E-state index contributed by atoms with van der Waals surface area (Å²) in [6, 6.07) is 0.192. The van der Waals surface area contributed by atoms with Gasteiger partial charge in [-0.25, -0.2) is 0 Å². The molecule has 6 heteroatoms. The monoisotopic (exact) mass is 454 g/mol. The Hall–Kier alpha value is -0.950. The fourth-order valence-electron chi connectivity index (χ4n) is 7.05. The van der Waals surface area contributed by atoms with Gasteiger partial charge in [0.1, 0.15) is 0 Å². The standard InChI is InChI=1S/C24H43NO2.C2H4O2.H3N/c1-15(2)12-18(25)13-17-14-19(26)8-10-24(17,5)21-9-11-23(4)16(3)6-7-20(23)22(21)27;1-2(3)4;/h15,17-22,26-27H,3,6-14,25H2,1-2,4-5H3;1H3,(H,3,4);1H3/t17-,18?,19-,20?,21?,22+,23-,24-;;/m0../s1. The van der Waals surface area contributed by atoms with Crippen LogP contribution in [0, 0.1) is 34.5 Å². The third kappa shape index (κ3) is 6.34. The van der Waals surface area contributed by atoms with Crippen LogP contribution in [0.3, 0.4) is 0 Å². The van der Waals surface area contributed by atoms with Crippen LogP contribution in [0.5, 0.6) is 0 Å². The van der Waals surface area contributed by atoms with E-state index in [0.29, 0.717) is 23.7 Å². The van der Waals surface area contributed by atoms with Gasteiger partial charge in [-0.1, -0.05) is 39.8 Å². The highest BCUT2D eigenvalue weighted by molar-refractivity contribution is 5.60. The molecule has 8 atom stereocenters. The highest BCUT2D eigenvalue weighted by Gasteiger charge is 2.56. The summed E-state index contributed by atoms with van der Waals surface area (Å²) in [4.78, 5) is 8.89. The summed E-state index contributed by atoms with van der Waals surface area (Å²) in [7, 11) is 0. The molecule has 0 saturated heterocycles. The lowest BCUT2D eigenvalue weighted by molar-refractivity contribution is -0.302. The number of carboxylic acids is 1. The number of carbonyl (C=O) groups excluding carboxylic acids is 1. The molecule has 3 aliphatic rings. The van der Waals surface area contributed by atoms with E-state index in [2.05, 4.69) is 34.3 Å². The SMILES string of the molecule is C=C1CCC2[C@@H](O)C([C@@]3(C)CC[C@H](O)C[C@@H]3CC(N)CC(C)C)CC[C@@]12C.CC(=O)[O-].[NH4+]. The number of aliphatic hydroxyl groups excluding tert-OH is 2. The number of nitrogens with two attached hydrogens (primary N) is 1. The molecule has 0 spiro atoms. The number of fused-ring (bicyclic) bond motifs is 1. The molecule has 0 aromatic rings. The maximum atomic E-state index is 11.5. The van der Waals surface area contributed by atoms with Gasteiger partial charge >= 0.3 is 0 Å². The number of allylic oxidation sites excluding steroid dienone is 1. The highest BCUT2D eigenvalue weighted by Crippen LogP contribution is 2.61. The van der Waals surface area contributed by atoms with E-state index in [-0.39, 0.29) is 35.2 Å². The first-order valence-corrected chi connectivity index (χ1v) is 12.3. The van der Waals surface area contributed by atoms with Crippen molar-refractivity contribution in [3.8, 4) is 0 Å². The van der Waals surface area contributed by atoms with Crippen molar-refractivity contribution < 1.29 is 20.1 Å². The third-order valence-corrected chi connectivity index (χ3v) is 8.90. The Morgan fingerprint density at radius 1 is 1.19 bits per heavy atom. The number of aliphatic hydroxyl groups is 2. The second kappa shape index (κ2) is 11.5. The van der Waals surface area contributed by atoms with E-state index in [4.69, 9.17) is 15.6 Å². The number of hydrogen-bond donors (Lipinski definition) is 4. The summed E-state index contributed by atoms with van der Waals surface area (Å²) in [5.41, 5.74) is 8.07. The highest BCUT2D eigenvalue weighted by atomic mass is 16.4. The Morgan fingerprint density at radius 2 is 1.78 bits per heavy atom. The molecule has 0 aromatic carbocycles. The lowest BCUT2D eigenvalue weighted by atomic mass is 9.51. The molecule has 6 nitrogen and oxygen atoms in total. The first-order chi connectivity index (χ1) is 14.3. The minimum absolute atomic E-state index is 0. The maximum Gasteiger partial charge on any atom is 0.0610 e. The number of quaternary nitrogens is 1. The van der Waals surface area contributed by atoms with Crippen molar-refractivity contribution in [1.29, 1.82) is 0 Å². The Kier molecular flexibility index (Phi) is 10.4. The molecule has 0 heterocycles. The molecule has 3 rings (SSSR count). The molecular formula is C26H50N2O4. The van der Waals surface area contributed by atoms with Crippen molar-refractivity contribution in [2.75, 3.05) is 0 Å². The van der Waals surface area contributed by atoms with Crippen LogP contribution in [0.15, 0.2) is 12.2 Å². The van der Waals surface area contributed by atoms with Gasteiger partial charge in [0.2, 0.25) is 0 Å². The molecular weight excluding hydrogens is 404 g/mol. The topological polar surface area (TPSA) is 143 Å². The number of aliphatic carboxylic acids is 1. The van der Waals surface area contributed by atoms with Crippen LogP contribution in [-0.4, -0.2) is 34.4 Å². The smallest absolute Gasteiger partial charge is 0.0610 e. The molecule has 0 aromatic heterocycles. The molecule has 188 valence electrons. The lowest BCUT2D eigenvalue weighted by Crippen LogP contribution is -2.53. The third-order valence-electron chi connectivity index (χ3n) is 8.90. The number of carboxylic acid groups (broad SMARTS) is 1. The number of carbonyl (C=O) groups is 1. The molecule has 8 N–H and O–H groups in total. The van der Waals surface area contributed by atoms with Crippen LogP contribution >= 0.6 is 0 Å². The van der Waals surface area contributed by atoms with Crippen molar-refractivity contribution in [3.05, 3.63) is 12.2 Å². The molecule has 3 aliphatic carbocycles. The zero-order chi connectivity index (χ0) is 23.6. The predicted molar refractivity (Wildman–Crippen MR) is 129 cm³/mol. The van der Waals surface area contributed by atoms with E-state index in [0.717, 1.165) is 64.7 Å². The quantitative estimate of drug-likeness (QED) is 0.467. The number of rotatable bonds is 5. The molecule has 0 radical (unpaired) electrons. The molecule has 32 heavy (non-hydrogen) atoms. The van der Waals surface area contributed by atoms with Gasteiger partial charge < -0.3 is 32.0 Å². The Labute approximate surface area is 195 Å². The van der Waals surface area contributed by atoms with Gasteiger partial charge in [-0.15, -0.1) is 0 Å². The summed E-state index contributed by atoms with van der Waals surface area (Å²) < 4.78 is 0. The average Bonchev–Trinajstić information content (AvgIpc) is 2.93. The molecule has 0 bridgehead atoms. The van der Waals surface area contributed by atoms with E-state index in [1.807, 2.05) is 0 Å². The van der Waals surface area contributed by atoms with Crippen LogP contribution in [0.25, 0.3) is 0 Å². The van der Waals surface area contributed by atoms with Gasteiger partial charge in [0.25, 0.3) is 0 Å². The van der Waals surface area contributed by atoms with Crippen LogP contribution in [0.2, 0.25) is 0 Å². The van der Waals surface area contributed by atoms with E-state index in [9.17, 15) is 10.2 Å². The van der Waals surface area contributed by atoms with Crippen molar-refractivity contribution >= 4 is 5.97 Å². The van der Waals surface area contributed by atoms with Gasteiger partial charge in [-0.05, 0) is 99.2 Å². The molecule has 0 amide bonds. The summed E-state index contributed by atoms with van der Waals surface area (Å²) in [5, 5.41) is 30.7. The summed E-state index contributed by atoms with van der Waals surface area (Å²) in [5.74, 6) is 0.608. The largest absolute Gasteiger partial charge is 0.550 e. The minimum Gasteiger partial charge on any atom is -0.550 e. The first kappa shape index (κ1) is 29.1. The predicted octanol–water partition coefficient (Wildman–Crippen LogP) is 3.79. The minimum atomic E-state index is -1.08. The number of hydrogen-bond acceptors (Lipinski definition) is 5. The Morgan fingerprint density at radius 3 is 2.34 bits per heavy atom. The van der Waals surface area contributed by atoms with Crippen LogP contribution in [-0.2, 0) is 4.79 Å². The zero-order valence-corrected chi connectivity index (χ0v) is 21.4. The molecule has 3 unspecified atom stereocenters. The summed E-state index contributed by atoms with van der Waals surface area (Å²) in [6.07, 6.45) is 8.69. The second-order valence-electron chi connectivity index (χ2n) is 11.5. The van der Waals surface area contributed by atoms with Gasteiger partial charge in [0, 0.05) is 12.0 Å². The van der Waals surface area contributed by atoms with Crippen molar-refractivity contribution in [1.82, 2.24) is 6.15 Å². The second-order valence-corrected chi connectivity index (χ2v) is 11.5. The van der Waals surface area contributed by atoms with Crippen LogP contribution in [0.1, 0.15) is 92.4 Å². The van der Waals surface area contributed by atoms with Gasteiger partial charge in [0.15, 0.2) is 0 Å². The van der Waals surface area contributed by atoms with Gasteiger partial charge in [-0.3, -0.25) is 0 Å². The zero-order valence-electron chi connectivity index (χ0n) is 21.4. The van der Waals surface area contributed by atoms with Gasteiger partial charge in [0.05, 0.1) is 12.2 Å². The summed E-state index contributed by atoms with van der Waals surface area (Å²) >= 11 is 0. The van der Waals surface area contributed by atoms with E-state index in [1.54, 1.807) is 0 Å². The maximum absolute atomic E-state index is 11.5. The van der Waals surface area contributed by atoms with E-state index < -0.39 is 5.97 Å². The average molecular weight is 455 g/mol. The Balaban J connectivity index is 0.000000945. The normalized spacial score (nSPS) is 40.0. The molecule has 3 fully saturated rings. The van der Waals surface area contributed by atoms with Crippen LogP contribution < -0.4 is 17.0 Å². The lowest BCUT2D eigenvalue weighted by Gasteiger charge is -2.55. The van der Waals surface area contributed by atoms with E-state index >= 15 is 0 Å². The summed E-state index contributed by atoms with van der Waals surface area (Å²) in [6.45, 7) is 14.5. The molecule has 0 aliphatic heterocycles. The Bertz CT molecular complexity index is 635. The van der Waals surface area contributed by atoms with Crippen molar-refractivity contribution in [2.24, 2.45) is 40.2 Å².